The number of alkyl halides is 1. The molecule has 0 amide bonds. The van der Waals surface area contributed by atoms with Gasteiger partial charge in [-0.2, -0.15) is 0 Å². The van der Waals surface area contributed by atoms with Gasteiger partial charge in [-0.3, -0.25) is 0 Å². The summed E-state index contributed by atoms with van der Waals surface area (Å²) in [6.07, 6.45) is 4.45. The molecule has 2 atom stereocenters. The third-order valence-corrected chi connectivity index (χ3v) is 2.83. The normalized spacial score (nSPS) is 15.6. The van der Waals surface area contributed by atoms with Gasteiger partial charge in [0, 0.05) is 5.33 Å². The van der Waals surface area contributed by atoms with Crippen LogP contribution in [0.25, 0.3) is 0 Å². The lowest BCUT2D eigenvalue weighted by Crippen LogP contribution is -2.15. The molecule has 0 spiro atoms. The van der Waals surface area contributed by atoms with Crippen molar-refractivity contribution < 1.29 is 4.74 Å². The van der Waals surface area contributed by atoms with Gasteiger partial charge in [-0.25, -0.2) is 0 Å². The maximum atomic E-state index is 5.62. The Morgan fingerprint density at radius 2 is 2.25 bits per heavy atom. The second-order valence-electron chi connectivity index (χ2n) is 3.10. The molecule has 72 valence electrons. The maximum absolute atomic E-state index is 5.62. The molecule has 0 aromatic rings. The van der Waals surface area contributed by atoms with Crippen LogP contribution in [0, 0.1) is 5.92 Å². The smallest absolute Gasteiger partial charge is 0.0544 e. The van der Waals surface area contributed by atoms with E-state index < -0.39 is 0 Å². The Balaban J connectivity index is 3.49. The van der Waals surface area contributed by atoms with E-state index in [0.29, 0.717) is 12.0 Å². The van der Waals surface area contributed by atoms with Crippen molar-refractivity contribution in [1.82, 2.24) is 0 Å². The topological polar surface area (TPSA) is 9.23 Å². The van der Waals surface area contributed by atoms with Gasteiger partial charge in [-0.05, 0) is 25.7 Å². The van der Waals surface area contributed by atoms with Gasteiger partial charge in [0.1, 0.15) is 0 Å². The SMILES string of the molecule is C=CCC(CBr)COC(C)CC. The van der Waals surface area contributed by atoms with E-state index in [1.807, 2.05) is 6.08 Å². The molecule has 0 rings (SSSR count). The van der Waals surface area contributed by atoms with Crippen LogP contribution in [0.1, 0.15) is 26.7 Å². The number of hydrogen-bond donors (Lipinski definition) is 0. The zero-order chi connectivity index (χ0) is 9.40. The van der Waals surface area contributed by atoms with E-state index in [1.54, 1.807) is 0 Å². The third kappa shape index (κ3) is 5.78. The summed E-state index contributed by atoms with van der Waals surface area (Å²) >= 11 is 3.46. The minimum absolute atomic E-state index is 0.386. The van der Waals surface area contributed by atoms with E-state index in [9.17, 15) is 0 Å². The quantitative estimate of drug-likeness (QED) is 0.485. The molecule has 2 unspecified atom stereocenters. The van der Waals surface area contributed by atoms with Crippen LogP contribution >= 0.6 is 15.9 Å². The van der Waals surface area contributed by atoms with Crippen molar-refractivity contribution in [2.24, 2.45) is 5.92 Å². The molecule has 2 heteroatoms. The van der Waals surface area contributed by atoms with Gasteiger partial charge in [0.15, 0.2) is 0 Å². The first-order chi connectivity index (χ1) is 5.74. The molecule has 0 radical (unpaired) electrons. The Bertz CT molecular complexity index is 114. The van der Waals surface area contributed by atoms with E-state index in [0.717, 1.165) is 24.8 Å². The predicted molar refractivity (Wildman–Crippen MR) is 57.8 cm³/mol. The van der Waals surface area contributed by atoms with Crippen LogP contribution in [0.2, 0.25) is 0 Å². The van der Waals surface area contributed by atoms with Crippen LogP contribution in [0.15, 0.2) is 12.7 Å². The molecule has 0 heterocycles. The molecule has 0 saturated carbocycles. The number of allylic oxidation sites excluding steroid dienone is 1. The van der Waals surface area contributed by atoms with Gasteiger partial charge < -0.3 is 4.74 Å². The summed E-state index contributed by atoms with van der Waals surface area (Å²) in [5, 5.41) is 0.995. The fourth-order valence-corrected chi connectivity index (χ4v) is 1.28. The van der Waals surface area contributed by atoms with Crippen molar-refractivity contribution in [3.8, 4) is 0 Å². The first kappa shape index (κ1) is 12.2. The zero-order valence-corrected chi connectivity index (χ0v) is 9.64. The number of rotatable bonds is 7. The molecule has 0 aromatic heterocycles. The molecule has 12 heavy (non-hydrogen) atoms. The fourth-order valence-electron chi connectivity index (χ4n) is 0.829. The molecule has 0 aliphatic carbocycles. The molecule has 0 aromatic carbocycles. The number of hydrogen-bond acceptors (Lipinski definition) is 1. The highest BCUT2D eigenvalue weighted by Crippen LogP contribution is 2.10. The average molecular weight is 235 g/mol. The summed E-state index contributed by atoms with van der Waals surface area (Å²) in [7, 11) is 0. The van der Waals surface area contributed by atoms with Crippen molar-refractivity contribution in [3.63, 3.8) is 0 Å². The molecule has 0 fully saturated rings. The molecule has 1 nitrogen and oxygen atoms in total. The van der Waals surface area contributed by atoms with Crippen LogP contribution in [-0.2, 0) is 4.74 Å². The van der Waals surface area contributed by atoms with Crippen molar-refractivity contribution in [2.45, 2.75) is 32.8 Å². The van der Waals surface area contributed by atoms with Gasteiger partial charge in [0.05, 0.1) is 12.7 Å². The van der Waals surface area contributed by atoms with Crippen LogP contribution in [0.3, 0.4) is 0 Å². The summed E-state index contributed by atoms with van der Waals surface area (Å²) < 4.78 is 5.62. The first-order valence-electron chi connectivity index (χ1n) is 4.53. The van der Waals surface area contributed by atoms with Crippen molar-refractivity contribution in [1.29, 1.82) is 0 Å². The zero-order valence-electron chi connectivity index (χ0n) is 8.05. The lowest BCUT2D eigenvalue weighted by atomic mass is 10.1. The molecule has 0 bridgehead atoms. The van der Waals surface area contributed by atoms with Crippen molar-refractivity contribution in [3.05, 3.63) is 12.7 Å². The predicted octanol–water partition coefficient (Wildman–Crippen LogP) is 3.39. The van der Waals surface area contributed by atoms with Crippen LogP contribution in [0.4, 0.5) is 0 Å². The van der Waals surface area contributed by atoms with Crippen LogP contribution in [-0.4, -0.2) is 18.0 Å². The number of ether oxygens (including phenoxy) is 1. The van der Waals surface area contributed by atoms with E-state index in [-0.39, 0.29) is 0 Å². The van der Waals surface area contributed by atoms with Gasteiger partial charge in [-0.15, -0.1) is 6.58 Å². The summed E-state index contributed by atoms with van der Waals surface area (Å²) in [6, 6.07) is 0. The van der Waals surface area contributed by atoms with Gasteiger partial charge in [-0.1, -0.05) is 28.9 Å². The van der Waals surface area contributed by atoms with Gasteiger partial charge in [0.25, 0.3) is 0 Å². The molecule has 0 aliphatic rings. The van der Waals surface area contributed by atoms with E-state index >= 15 is 0 Å². The van der Waals surface area contributed by atoms with E-state index in [4.69, 9.17) is 4.74 Å². The van der Waals surface area contributed by atoms with Crippen molar-refractivity contribution >= 4 is 15.9 Å². The molecular weight excluding hydrogens is 216 g/mol. The maximum Gasteiger partial charge on any atom is 0.0544 e. The summed E-state index contributed by atoms with van der Waals surface area (Å²) in [5.41, 5.74) is 0. The summed E-state index contributed by atoms with van der Waals surface area (Å²) in [4.78, 5) is 0. The summed E-state index contributed by atoms with van der Waals surface area (Å²) in [5.74, 6) is 0.580. The highest BCUT2D eigenvalue weighted by molar-refractivity contribution is 9.09. The lowest BCUT2D eigenvalue weighted by molar-refractivity contribution is 0.0437. The summed E-state index contributed by atoms with van der Waals surface area (Å²) in [6.45, 7) is 8.81. The van der Waals surface area contributed by atoms with Crippen molar-refractivity contribution in [2.75, 3.05) is 11.9 Å². The van der Waals surface area contributed by atoms with Gasteiger partial charge >= 0.3 is 0 Å². The molecular formula is C10H19BrO. The third-order valence-electron chi connectivity index (χ3n) is 1.91. The van der Waals surface area contributed by atoms with E-state index in [2.05, 4.69) is 36.4 Å². The first-order valence-corrected chi connectivity index (χ1v) is 5.65. The standard InChI is InChI=1S/C10H19BrO/c1-4-6-10(7-11)8-12-9(3)5-2/h4,9-10H,1,5-8H2,2-3H3. The Morgan fingerprint density at radius 1 is 1.58 bits per heavy atom. The highest BCUT2D eigenvalue weighted by Gasteiger charge is 2.06. The largest absolute Gasteiger partial charge is 0.378 e. The minimum atomic E-state index is 0.386. The average Bonchev–Trinajstić information content (AvgIpc) is 2.11. The van der Waals surface area contributed by atoms with E-state index in [1.165, 1.54) is 0 Å². The molecule has 0 saturated heterocycles. The van der Waals surface area contributed by atoms with Crippen LogP contribution in [0.5, 0.6) is 0 Å². The molecule has 0 N–H and O–H groups in total. The Hall–Kier alpha value is 0.180. The monoisotopic (exact) mass is 234 g/mol. The number of halogens is 1. The van der Waals surface area contributed by atoms with Crippen LogP contribution < -0.4 is 0 Å². The Kier molecular flexibility index (Phi) is 7.93. The second-order valence-corrected chi connectivity index (χ2v) is 3.74. The second kappa shape index (κ2) is 7.81. The minimum Gasteiger partial charge on any atom is -0.378 e. The highest BCUT2D eigenvalue weighted by atomic mass is 79.9. The van der Waals surface area contributed by atoms with Gasteiger partial charge in [0.2, 0.25) is 0 Å². The Labute approximate surface area is 84.3 Å². The Morgan fingerprint density at radius 3 is 2.67 bits per heavy atom. The lowest BCUT2D eigenvalue weighted by Gasteiger charge is -2.15. The fraction of sp³-hybridized carbons (Fsp3) is 0.800. The molecule has 0 aliphatic heterocycles.